The molecule has 0 spiro atoms. The lowest BCUT2D eigenvalue weighted by Crippen LogP contribution is -2.16. The van der Waals surface area contributed by atoms with E-state index in [1.807, 2.05) is 0 Å². The molecule has 1 N–H and O–H groups in total. The summed E-state index contributed by atoms with van der Waals surface area (Å²) < 4.78 is 34.2. The Balaban J connectivity index is 2.14. The molecule has 0 aromatic heterocycles. The van der Waals surface area contributed by atoms with Crippen LogP contribution in [0.4, 0.5) is 10.1 Å². The first kappa shape index (κ1) is 17.7. The summed E-state index contributed by atoms with van der Waals surface area (Å²) in [5.74, 6) is -1.73. The van der Waals surface area contributed by atoms with Gasteiger partial charge in [-0.15, -0.1) is 0 Å². The van der Waals surface area contributed by atoms with E-state index in [1.54, 1.807) is 13.0 Å². The molecule has 130 valence electrons. The van der Waals surface area contributed by atoms with Crippen LogP contribution in [0.3, 0.4) is 0 Å². The van der Waals surface area contributed by atoms with Gasteiger partial charge >= 0.3 is 5.97 Å². The van der Waals surface area contributed by atoms with Gasteiger partial charge in [0.05, 0.1) is 18.9 Å². The second-order valence-electron chi connectivity index (χ2n) is 4.74. The molecular formula is C16H18FNO6. The van der Waals surface area contributed by atoms with Gasteiger partial charge in [0.1, 0.15) is 18.2 Å². The molecule has 7 nitrogen and oxygen atoms in total. The summed E-state index contributed by atoms with van der Waals surface area (Å²) in [5, 5.41) is 2.60. The predicted molar refractivity (Wildman–Crippen MR) is 82.0 cm³/mol. The Kier molecular flexibility index (Phi) is 6.14. The van der Waals surface area contributed by atoms with Crippen LogP contribution in [-0.2, 0) is 23.8 Å². The molecule has 1 aromatic carbocycles. The summed E-state index contributed by atoms with van der Waals surface area (Å²) in [4.78, 5) is 23.5. The molecule has 2 rings (SSSR count). The summed E-state index contributed by atoms with van der Waals surface area (Å²) in [7, 11) is 1.54. The van der Waals surface area contributed by atoms with Gasteiger partial charge in [-0.05, 0) is 19.1 Å². The Morgan fingerprint density at radius 3 is 2.83 bits per heavy atom. The molecule has 1 aliphatic rings. The third-order valence-corrected chi connectivity index (χ3v) is 3.08. The van der Waals surface area contributed by atoms with E-state index in [0.29, 0.717) is 19.0 Å². The zero-order chi connectivity index (χ0) is 17.5. The molecule has 0 aliphatic carbocycles. The number of carbonyl (C=O) groups excluding carboxylic acids is 2. The Morgan fingerprint density at radius 1 is 1.38 bits per heavy atom. The quantitative estimate of drug-likeness (QED) is 0.438. The highest BCUT2D eigenvalue weighted by atomic mass is 19.1. The largest absolute Gasteiger partial charge is 0.491 e. The number of hydrogen-bond acceptors (Lipinski definition) is 7. The number of methoxy groups -OCH3 is 1. The molecular weight excluding hydrogens is 321 g/mol. The van der Waals surface area contributed by atoms with Crippen molar-refractivity contribution in [3.05, 3.63) is 35.5 Å². The van der Waals surface area contributed by atoms with Crippen LogP contribution in [-0.4, -0.2) is 45.3 Å². The summed E-state index contributed by atoms with van der Waals surface area (Å²) in [6, 6.07) is 4.14. The van der Waals surface area contributed by atoms with Crippen LogP contribution < -0.4 is 10.1 Å². The predicted octanol–water partition coefficient (Wildman–Crippen LogP) is 1.64. The molecule has 1 aromatic rings. The van der Waals surface area contributed by atoms with Crippen LogP contribution in [0, 0.1) is 5.82 Å². The van der Waals surface area contributed by atoms with Crippen LogP contribution in [0.1, 0.15) is 6.92 Å². The minimum Gasteiger partial charge on any atom is -0.491 e. The number of anilines is 1. The van der Waals surface area contributed by atoms with Crippen molar-refractivity contribution in [2.24, 2.45) is 0 Å². The van der Waals surface area contributed by atoms with Gasteiger partial charge in [-0.2, -0.15) is 0 Å². The number of ether oxygens (including phenoxy) is 4. The number of esters is 1. The highest BCUT2D eigenvalue weighted by Crippen LogP contribution is 2.25. The highest BCUT2D eigenvalue weighted by Gasteiger charge is 2.32. The van der Waals surface area contributed by atoms with E-state index in [-0.39, 0.29) is 30.4 Å². The van der Waals surface area contributed by atoms with Crippen molar-refractivity contribution < 1.29 is 32.9 Å². The minimum absolute atomic E-state index is 0.0422. The maximum atomic E-state index is 14.1. The maximum absolute atomic E-state index is 14.1. The summed E-state index contributed by atoms with van der Waals surface area (Å²) in [6.07, 6.45) is 0. The van der Waals surface area contributed by atoms with Crippen LogP contribution in [0.25, 0.3) is 0 Å². The molecule has 0 bridgehead atoms. The SMILES string of the molecule is CCOC(=O)C1=C(Nc2ccc(OCCOC)cc2F)OCC1=O. The van der Waals surface area contributed by atoms with Crippen molar-refractivity contribution >= 4 is 17.4 Å². The lowest BCUT2D eigenvalue weighted by Gasteiger charge is -2.11. The van der Waals surface area contributed by atoms with Gasteiger partial charge in [-0.25, -0.2) is 9.18 Å². The average Bonchev–Trinajstić information content (AvgIpc) is 2.91. The summed E-state index contributed by atoms with van der Waals surface area (Å²) >= 11 is 0. The third-order valence-electron chi connectivity index (χ3n) is 3.08. The van der Waals surface area contributed by atoms with Gasteiger partial charge in [-0.1, -0.05) is 0 Å². The standard InChI is InChI=1S/C16H18FNO6/c1-3-22-16(20)14-13(19)9-24-15(14)18-12-5-4-10(8-11(12)17)23-7-6-21-2/h4-5,8,18H,3,6-7,9H2,1-2H3. The molecule has 0 radical (unpaired) electrons. The fourth-order valence-electron chi connectivity index (χ4n) is 1.97. The average molecular weight is 339 g/mol. The smallest absolute Gasteiger partial charge is 0.347 e. The zero-order valence-electron chi connectivity index (χ0n) is 13.4. The van der Waals surface area contributed by atoms with E-state index in [9.17, 15) is 14.0 Å². The third kappa shape index (κ3) is 4.23. The first-order chi connectivity index (χ1) is 11.6. The van der Waals surface area contributed by atoms with E-state index in [1.165, 1.54) is 19.2 Å². The molecule has 1 aliphatic heterocycles. The van der Waals surface area contributed by atoms with E-state index in [2.05, 4.69) is 5.32 Å². The Morgan fingerprint density at radius 2 is 2.17 bits per heavy atom. The van der Waals surface area contributed by atoms with Gasteiger partial charge in [0, 0.05) is 13.2 Å². The number of benzene rings is 1. The first-order valence-corrected chi connectivity index (χ1v) is 7.32. The maximum Gasteiger partial charge on any atom is 0.347 e. The molecule has 0 amide bonds. The molecule has 0 saturated heterocycles. The zero-order valence-corrected chi connectivity index (χ0v) is 13.4. The van der Waals surface area contributed by atoms with Crippen LogP contribution in [0.2, 0.25) is 0 Å². The number of halogens is 1. The molecule has 1 heterocycles. The second kappa shape index (κ2) is 8.30. The molecule has 0 atom stereocenters. The van der Waals surface area contributed by atoms with E-state index >= 15 is 0 Å². The van der Waals surface area contributed by atoms with Crippen LogP contribution >= 0.6 is 0 Å². The van der Waals surface area contributed by atoms with Gasteiger partial charge in [-0.3, -0.25) is 4.79 Å². The van der Waals surface area contributed by atoms with Crippen molar-refractivity contribution in [3.8, 4) is 5.75 Å². The van der Waals surface area contributed by atoms with Crippen LogP contribution in [0.5, 0.6) is 5.75 Å². The van der Waals surface area contributed by atoms with E-state index in [0.717, 1.165) is 0 Å². The number of carbonyl (C=O) groups is 2. The van der Waals surface area contributed by atoms with Crippen molar-refractivity contribution in [1.82, 2.24) is 0 Å². The number of Topliss-reactive ketones (excluding diaryl/α,β-unsaturated/α-hetero) is 1. The Hall–Kier alpha value is -2.61. The van der Waals surface area contributed by atoms with Crippen molar-refractivity contribution in [1.29, 1.82) is 0 Å². The van der Waals surface area contributed by atoms with E-state index in [4.69, 9.17) is 18.9 Å². The number of hydrogen-bond donors (Lipinski definition) is 1. The monoisotopic (exact) mass is 339 g/mol. The summed E-state index contributed by atoms with van der Waals surface area (Å²) in [6.45, 7) is 2.11. The van der Waals surface area contributed by atoms with Crippen molar-refractivity contribution in [2.75, 3.05) is 38.9 Å². The topological polar surface area (TPSA) is 83.1 Å². The molecule has 0 unspecified atom stereocenters. The number of nitrogens with one attached hydrogen (secondary N) is 1. The highest BCUT2D eigenvalue weighted by molar-refractivity contribution is 6.19. The number of rotatable bonds is 8. The fraction of sp³-hybridized carbons (Fsp3) is 0.375. The molecule has 8 heteroatoms. The minimum atomic E-state index is -0.803. The van der Waals surface area contributed by atoms with Gasteiger partial charge in [0.2, 0.25) is 11.7 Å². The van der Waals surface area contributed by atoms with Gasteiger partial charge in [0.15, 0.2) is 12.2 Å². The fourth-order valence-corrected chi connectivity index (χ4v) is 1.97. The Bertz CT molecular complexity index is 658. The number of ketones is 1. The van der Waals surface area contributed by atoms with Crippen molar-refractivity contribution in [2.45, 2.75) is 6.92 Å². The van der Waals surface area contributed by atoms with E-state index < -0.39 is 17.6 Å². The van der Waals surface area contributed by atoms with Crippen LogP contribution in [0.15, 0.2) is 29.7 Å². The molecule has 0 saturated carbocycles. The first-order valence-electron chi connectivity index (χ1n) is 7.32. The lowest BCUT2D eigenvalue weighted by atomic mass is 10.2. The summed E-state index contributed by atoms with van der Waals surface area (Å²) in [5.41, 5.74) is -0.211. The van der Waals surface area contributed by atoms with Crippen molar-refractivity contribution in [3.63, 3.8) is 0 Å². The second-order valence-corrected chi connectivity index (χ2v) is 4.74. The normalized spacial score (nSPS) is 13.7. The van der Waals surface area contributed by atoms with Gasteiger partial charge in [0.25, 0.3) is 0 Å². The molecule has 24 heavy (non-hydrogen) atoms. The molecule has 0 fully saturated rings. The van der Waals surface area contributed by atoms with Gasteiger partial charge < -0.3 is 24.3 Å². The lowest BCUT2D eigenvalue weighted by molar-refractivity contribution is -0.139. The Labute approximate surface area is 138 Å².